The van der Waals surface area contributed by atoms with E-state index in [1.54, 1.807) is 18.3 Å². The maximum atomic E-state index is 9.03. The third-order valence-corrected chi connectivity index (χ3v) is 2.94. The van der Waals surface area contributed by atoms with Crippen LogP contribution in [0.3, 0.4) is 0 Å². The van der Waals surface area contributed by atoms with E-state index in [0.717, 1.165) is 12.2 Å². The lowest BCUT2D eigenvalue weighted by Crippen LogP contribution is -1.91. The summed E-state index contributed by atoms with van der Waals surface area (Å²) in [5, 5.41) is 9.03. The molecule has 0 atom stereocenters. The quantitative estimate of drug-likeness (QED) is 0.895. The van der Waals surface area contributed by atoms with Gasteiger partial charge in [-0.2, -0.15) is 0 Å². The van der Waals surface area contributed by atoms with Crippen LogP contribution >= 0.6 is 0 Å². The highest BCUT2D eigenvalue weighted by Crippen LogP contribution is 2.27. The first-order valence-electron chi connectivity index (χ1n) is 5.88. The Morgan fingerprint density at radius 2 is 2.06 bits per heavy atom. The van der Waals surface area contributed by atoms with Gasteiger partial charge in [0, 0.05) is 12.3 Å². The van der Waals surface area contributed by atoms with Gasteiger partial charge in [-0.15, -0.1) is 0 Å². The minimum atomic E-state index is -0.0792. The average molecular weight is 239 g/mol. The van der Waals surface area contributed by atoms with Crippen LogP contribution in [-0.4, -0.2) is 10.1 Å². The summed E-state index contributed by atoms with van der Waals surface area (Å²) >= 11 is 0. The Labute approximate surface area is 105 Å². The van der Waals surface area contributed by atoms with E-state index in [1.807, 2.05) is 12.1 Å². The van der Waals surface area contributed by atoms with Crippen LogP contribution in [0.2, 0.25) is 0 Å². The fourth-order valence-corrected chi connectivity index (χ4v) is 2.03. The maximum Gasteiger partial charge on any atom is 0.130 e. The van der Waals surface area contributed by atoms with Crippen LogP contribution < -0.4 is 4.74 Å². The number of nitrogens with zero attached hydrogens (tertiary/aromatic N) is 1. The predicted octanol–water partition coefficient (Wildman–Crippen LogP) is 2.94. The second kappa shape index (κ2) is 4.63. The Balaban J connectivity index is 1.85. The van der Waals surface area contributed by atoms with Crippen molar-refractivity contribution in [2.24, 2.45) is 0 Å². The Bertz CT molecular complexity index is 605. The summed E-state index contributed by atoms with van der Waals surface area (Å²) < 4.78 is 5.76. The fourth-order valence-electron chi connectivity index (χ4n) is 2.03. The van der Waals surface area contributed by atoms with Crippen molar-refractivity contribution in [1.29, 1.82) is 0 Å². The summed E-state index contributed by atoms with van der Waals surface area (Å²) in [7, 11) is 0. The first kappa shape index (κ1) is 11.0. The van der Waals surface area contributed by atoms with Gasteiger partial charge in [-0.3, -0.25) is 4.98 Å². The van der Waals surface area contributed by atoms with Gasteiger partial charge < -0.3 is 9.84 Å². The number of aromatic nitrogens is 1. The molecule has 1 aromatic carbocycles. The van der Waals surface area contributed by atoms with Gasteiger partial charge in [0.2, 0.25) is 0 Å². The highest BCUT2D eigenvalue weighted by Gasteiger charge is 2.07. The number of hydrogen-bond donors (Lipinski definition) is 1. The van der Waals surface area contributed by atoms with Crippen LogP contribution in [0.1, 0.15) is 16.8 Å². The molecule has 1 aliphatic rings. The number of rotatable bonds is 3. The van der Waals surface area contributed by atoms with Crippen molar-refractivity contribution in [3.63, 3.8) is 0 Å². The molecule has 0 aliphatic heterocycles. The molecule has 3 nitrogen and oxygen atoms in total. The third kappa shape index (κ3) is 2.13. The zero-order chi connectivity index (χ0) is 12.4. The van der Waals surface area contributed by atoms with Gasteiger partial charge in [-0.1, -0.05) is 18.2 Å². The van der Waals surface area contributed by atoms with E-state index in [1.165, 1.54) is 11.1 Å². The van der Waals surface area contributed by atoms with E-state index < -0.39 is 0 Å². The SMILES string of the molecule is OCc1cc(Oc2ccc3c(c2)C=CC3)ccn1. The van der Waals surface area contributed by atoms with Crippen LogP contribution in [0.5, 0.6) is 11.5 Å². The molecule has 1 aliphatic carbocycles. The van der Waals surface area contributed by atoms with Crippen LogP contribution in [0.4, 0.5) is 0 Å². The minimum Gasteiger partial charge on any atom is -0.457 e. The molecule has 3 rings (SSSR count). The number of benzene rings is 1. The van der Waals surface area contributed by atoms with E-state index in [0.29, 0.717) is 11.4 Å². The molecule has 0 fully saturated rings. The number of aliphatic hydroxyl groups excluding tert-OH is 1. The largest absolute Gasteiger partial charge is 0.457 e. The number of hydrogen-bond acceptors (Lipinski definition) is 3. The van der Waals surface area contributed by atoms with Crippen molar-refractivity contribution in [2.45, 2.75) is 13.0 Å². The first-order valence-corrected chi connectivity index (χ1v) is 5.88. The molecule has 2 aromatic rings. The first-order chi connectivity index (χ1) is 8.85. The summed E-state index contributed by atoms with van der Waals surface area (Å²) in [4.78, 5) is 4.02. The van der Waals surface area contributed by atoms with Gasteiger partial charge in [0.15, 0.2) is 0 Å². The fraction of sp³-hybridized carbons (Fsp3) is 0.133. The Morgan fingerprint density at radius 3 is 2.94 bits per heavy atom. The smallest absolute Gasteiger partial charge is 0.130 e. The lowest BCUT2D eigenvalue weighted by atomic mass is 10.1. The summed E-state index contributed by atoms with van der Waals surface area (Å²) in [6.07, 6.45) is 6.88. The molecular weight excluding hydrogens is 226 g/mol. The Morgan fingerprint density at radius 1 is 1.17 bits per heavy atom. The van der Waals surface area contributed by atoms with E-state index in [2.05, 4.69) is 23.2 Å². The topological polar surface area (TPSA) is 42.4 Å². The van der Waals surface area contributed by atoms with E-state index in [-0.39, 0.29) is 6.61 Å². The molecule has 0 saturated carbocycles. The van der Waals surface area contributed by atoms with Crippen molar-refractivity contribution in [1.82, 2.24) is 4.98 Å². The molecule has 3 heteroatoms. The van der Waals surface area contributed by atoms with Gasteiger partial charge in [-0.25, -0.2) is 0 Å². The summed E-state index contributed by atoms with van der Waals surface area (Å²) in [6, 6.07) is 9.59. The van der Waals surface area contributed by atoms with Gasteiger partial charge in [0.25, 0.3) is 0 Å². The summed E-state index contributed by atoms with van der Waals surface area (Å²) in [5.74, 6) is 1.49. The maximum absolute atomic E-state index is 9.03. The Kier molecular flexibility index (Phi) is 2.82. The number of ether oxygens (including phenoxy) is 1. The monoisotopic (exact) mass is 239 g/mol. The second-order valence-electron chi connectivity index (χ2n) is 4.21. The molecule has 1 heterocycles. The number of allylic oxidation sites excluding steroid dienone is 1. The van der Waals surface area contributed by atoms with Crippen LogP contribution in [0.25, 0.3) is 6.08 Å². The molecule has 18 heavy (non-hydrogen) atoms. The Hall–Kier alpha value is -2.13. The molecule has 1 N–H and O–H groups in total. The molecule has 0 bridgehead atoms. The lowest BCUT2D eigenvalue weighted by Gasteiger charge is -2.08. The molecule has 90 valence electrons. The summed E-state index contributed by atoms with van der Waals surface area (Å²) in [5.41, 5.74) is 3.14. The van der Waals surface area contributed by atoms with Crippen molar-refractivity contribution in [3.05, 3.63) is 59.4 Å². The highest BCUT2D eigenvalue weighted by molar-refractivity contribution is 5.61. The van der Waals surface area contributed by atoms with Crippen LogP contribution in [0.15, 0.2) is 42.6 Å². The standard InChI is InChI=1S/C15H13NO2/c17-10-13-9-15(6-7-16-13)18-14-5-4-11-2-1-3-12(11)8-14/h1,3-9,17H,2,10H2. The highest BCUT2D eigenvalue weighted by atomic mass is 16.5. The number of fused-ring (bicyclic) bond motifs is 1. The zero-order valence-corrected chi connectivity index (χ0v) is 9.84. The molecule has 1 aromatic heterocycles. The van der Waals surface area contributed by atoms with E-state index in [9.17, 15) is 0 Å². The van der Waals surface area contributed by atoms with Gasteiger partial charge in [0.05, 0.1) is 12.3 Å². The van der Waals surface area contributed by atoms with Crippen molar-refractivity contribution in [2.75, 3.05) is 0 Å². The summed E-state index contributed by atoms with van der Waals surface area (Å²) in [6.45, 7) is -0.0792. The number of aliphatic hydroxyl groups is 1. The molecule has 0 saturated heterocycles. The minimum absolute atomic E-state index is 0.0792. The van der Waals surface area contributed by atoms with Crippen molar-refractivity contribution < 1.29 is 9.84 Å². The molecule has 0 amide bonds. The molecule has 0 spiro atoms. The predicted molar refractivity (Wildman–Crippen MR) is 69.4 cm³/mol. The second-order valence-corrected chi connectivity index (χ2v) is 4.21. The molecule has 0 radical (unpaired) electrons. The molecular formula is C15H13NO2. The lowest BCUT2D eigenvalue weighted by molar-refractivity contribution is 0.276. The van der Waals surface area contributed by atoms with E-state index >= 15 is 0 Å². The third-order valence-electron chi connectivity index (χ3n) is 2.94. The normalized spacial score (nSPS) is 12.5. The van der Waals surface area contributed by atoms with Gasteiger partial charge in [0.1, 0.15) is 11.5 Å². The number of pyridine rings is 1. The molecule has 0 unspecified atom stereocenters. The average Bonchev–Trinajstić information content (AvgIpc) is 2.86. The van der Waals surface area contributed by atoms with Gasteiger partial charge >= 0.3 is 0 Å². The van der Waals surface area contributed by atoms with Gasteiger partial charge in [-0.05, 0) is 35.7 Å². The van der Waals surface area contributed by atoms with Crippen LogP contribution in [0, 0.1) is 0 Å². The van der Waals surface area contributed by atoms with E-state index in [4.69, 9.17) is 9.84 Å². The zero-order valence-electron chi connectivity index (χ0n) is 9.84. The van der Waals surface area contributed by atoms with Crippen molar-refractivity contribution in [3.8, 4) is 11.5 Å². The van der Waals surface area contributed by atoms with Crippen LogP contribution in [-0.2, 0) is 13.0 Å². The van der Waals surface area contributed by atoms with Crippen molar-refractivity contribution >= 4 is 6.08 Å².